The Morgan fingerprint density at radius 2 is 0.963 bits per heavy atom. The Morgan fingerprint density at radius 3 is 1.26 bits per heavy atom. The highest BCUT2D eigenvalue weighted by Crippen LogP contribution is 2.36. The van der Waals surface area contributed by atoms with Gasteiger partial charge in [-0.15, -0.1) is 26.3 Å². The number of piperidine rings is 2. The molecule has 4 aliphatic rings. The standard InChI is InChI=1S/2C18H24F3N3O3/c2*1-17(2,3)27-16(25)24-9-6-12-11-23(8-7-14(12)24)15-5-4-13(10-22-15)26-18(19,20)21/h2*4-5,10,12,14H,6-9,11H2,1-3H3/t2*12-,14+/m10/s1. The summed E-state index contributed by atoms with van der Waals surface area (Å²) in [4.78, 5) is 40.7. The summed E-state index contributed by atoms with van der Waals surface area (Å²) in [6, 6.07) is 5.85. The molecule has 0 aromatic carbocycles. The Labute approximate surface area is 310 Å². The normalized spacial score (nSPS) is 23.2. The summed E-state index contributed by atoms with van der Waals surface area (Å²) in [6.07, 6.45) is -4.57. The fourth-order valence-electron chi connectivity index (χ4n) is 7.39. The number of likely N-dealkylation sites (tertiary alicyclic amines) is 2. The van der Waals surface area contributed by atoms with Gasteiger partial charge >= 0.3 is 24.9 Å². The van der Waals surface area contributed by atoms with E-state index in [4.69, 9.17) is 9.47 Å². The van der Waals surface area contributed by atoms with Crippen molar-refractivity contribution in [1.29, 1.82) is 0 Å². The first kappa shape index (κ1) is 40.8. The third kappa shape index (κ3) is 11.3. The van der Waals surface area contributed by atoms with E-state index in [9.17, 15) is 35.9 Å². The number of hydrogen-bond donors (Lipinski definition) is 0. The number of carbonyl (C=O) groups is 2. The summed E-state index contributed by atoms with van der Waals surface area (Å²) in [6.45, 7) is 15.1. The van der Waals surface area contributed by atoms with Gasteiger partial charge in [0.25, 0.3) is 0 Å². The molecule has 4 saturated heterocycles. The molecule has 0 bridgehead atoms. The molecule has 12 nitrogen and oxygen atoms in total. The highest BCUT2D eigenvalue weighted by Gasteiger charge is 2.44. The van der Waals surface area contributed by atoms with Gasteiger partial charge in [0, 0.05) is 51.4 Å². The molecular formula is C36H48F6N6O6. The topological polar surface area (TPSA) is 110 Å². The third-order valence-corrected chi connectivity index (χ3v) is 9.48. The Balaban J connectivity index is 0.000000208. The van der Waals surface area contributed by atoms with Gasteiger partial charge in [-0.05, 0) is 103 Å². The minimum atomic E-state index is -4.73. The lowest BCUT2D eigenvalue weighted by Crippen LogP contribution is -2.48. The lowest BCUT2D eigenvalue weighted by atomic mass is 9.93. The number of carbonyl (C=O) groups excluding carboxylic acids is 2. The molecule has 0 spiro atoms. The molecule has 0 N–H and O–H groups in total. The average molecular weight is 775 g/mol. The molecule has 0 unspecified atom stereocenters. The van der Waals surface area contributed by atoms with Crippen molar-refractivity contribution in [3.63, 3.8) is 0 Å². The second kappa shape index (κ2) is 15.8. The first-order valence-corrected chi connectivity index (χ1v) is 18.0. The van der Waals surface area contributed by atoms with E-state index >= 15 is 0 Å². The van der Waals surface area contributed by atoms with Crippen LogP contribution in [0.2, 0.25) is 0 Å². The number of amides is 2. The van der Waals surface area contributed by atoms with Crippen LogP contribution in [-0.4, -0.2) is 107 Å². The van der Waals surface area contributed by atoms with Crippen LogP contribution in [0.25, 0.3) is 0 Å². The number of nitrogens with zero attached hydrogens (tertiary/aromatic N) is 6. The largest absolute Gasteiger partial charge is 0.573 e. The Kier molecular flexibility index (Phi) is 11.9. The zero-order chi connectivity index (χ0) is 39.6. The summed E-state index contributed by atoms with van der Waals surface area (Å²) >= 11 is 0. The van der Waals surface area contributed by atoms with Crippen LogP contribution in [0.4, 0.5) is 47.6 Å². The van der Waals surface area contributed by atoms with Crippen LogP contribution in [0.3, 0.4) is 0 Å². The van der Waals surface area contributed by atoms with Crippen LogP contribution in [-0.2, 0) is 9.47 Å². The van der Waals surface area contributed by atoms with Crippen molar-refractivity contribution in [2.24, 2.45) is 11.8 Å². The van der Waals surface area contributed by atoms with Gasteiger partial charge in [0.15, 0.2) is 0 Å². The molecule has 18 heteroatoms. The smallest absolute Gasteiger partial charge is 0.444 e. The van der Waals surface area contributed by atoms with Gasteiger partial charge in [-0.2, -0.15) is 0 Å². The highest BCUT2D eigenvalue weighted by atomic mass is 19.4. The molecule has 4 fully saturated rings. The predicted octanol–water partition coefficient (Wildman–Crippen LogP) is 7.63. The predicted molar refractivity (Wildman–Crippen MR) is 185 cm³/mol. The minimum absolute atomic E-state index is 0.129. The zero-order valence-corrected chi connectivity index (χ0v) is 31.2. The maximum absolute atomic E-state index is 12.4. The molecule has 6 heterocycles. The van der Waals surface area contributed by atoms with Crippen LogP contribution in [0, 0.1) is 11.8 Å². The van der Waals surface area contributed by atoms with E-state index in [0.717, 1.165) is 38.1 Å². The van der Waals surface area contributed by atoms with Crippen LogP contribution in [0.5, 0.6) is 11.5 Å². The van der Waals surface area contributed by atoms with Crippen molar-refractivity contribution in [2.75, 3.05) is 49.1 Å². The second-order valence-corrected chi connectivity index (χ2v) is 15.8. The van der Waals surface area contributed by atoms with Crippen molar-refractivity contribution in [2.45, 2.75) is 103 Å². The minimum Gasteiger partial charge on any atom is -0.444 e. The molecule has 2 aromatic heterocycles. The van der Waals surface area contributed by atoms with Crippen molar-refractivity contribution in [3.05, 3.63) is 36.7 Å². The van der Waals surface area contributed by atoms with Crippen LogP contribution < -0.4 is 19.3 Å². The fourth-order valence-corrected chi connectivity index (χ4v) is 7.39. The second-order valence-electron chi connectivity index (χ2n) is 15.8. The van der Waals surface area contributed by atoms with Gasteiger partial charge in [0.05, 0.1) is 12.4 Å². The molecule has 0 radical (unpaired) electrons. The molecular weight excluding hydrogens is 726 g/mol. The van der Waals surface area contributed by atoms with Gasteiger partial charge in [-0.3, -0.25) is 0 Å². The first-order chi connectivity index (χ1) is 25.0. The number of pyridine rings is 2. The highest BCUT2D eigenvalue weighted by molar-refractivity contribution is 5.69. The summed E-state index contributed by atoms with van der Waals surface area (Å²) in [7, 11) is 0. The van der Waals surface area contributed by atoms with E-state index in [2.05, 4.69) is 19.4 Å². The molecule has 0 saturated carbocycles. The number of anilines is 2. The Bertz CT molecular complexity index is 1460. The van der Waals surface area contributed by atoms with E-state index in [1.54, 1.807) is 9.80 Å². The first-order valence-electron chi connectivity index (χ1n) is 18.0. The van der Waals surface area contributed by atoms with E-state index < -0.39 is 23.9 Å². The fraction of sp³-hybridized carbons (Fsp3) is 0.667. The van der Waals surface area contributed by atoms with Crippen LogP contribution in [0.15, 0.2) is 36.7 Å². The van der Waals surface area contributed by atoms with Gasteiger partial charge in [0.1, 0.15) is 34.3 Å². The molecule has 2 amide bonds. The van der Waals surface area contributed by atoms with Gasteiger partial charge in [-0.1, -0.05) is 0 Å². The number of halogens is 6. The molecule has 0 aliphatic carbocycles. The van der Waals surface area contributed by atoms with Crippen molar-refractivity contribution < 1.29 is 54.9 Å². The van der Waals surface area contributed by atoms with E-state index in [0.29, 0.717) is 62.7 Å². The third-order valence-electron chi connectivity index (χ3n) is 9.48. The molecule has 54 heavy (non-hydrogen) atoms. The van der Waals surface area contributed by atoms with E-state index in [1.807, 2.05) is 51.3 Å². The number of ether oxygens (including phenoxy) is 4. The molecule has 2 aromatic rings. The monoisotopic (exact) mass is 774 g/mol. The lowest BCUT2D eigenvalue weighted by Gasteiger charge is -2.38. The Morgan fingerprint density at radius 1 is 0.593 bits per heavy atom. The summed E-state index contributed by atoms with van der Waals surface area (Å²) in [5.41, 5.74) is -1.06. The number of fused-ring (bicyclic) bond motifs is 2. The SMILES string of the molecule is CC(C)(C)OC(=O)N1CC[C@@H]2CN(c3ccc(OC(F)(F)F)cn3)CC[C@@H]21.CC(C)(C)OC(=O)N1CC[C@H]2CN(c3ccc(OC(F)(F)F)cn3)CC[C@H]21. The van der Waals surface area contributed by atoms with E-state index in [1.165, 1.54) is 24.3 Å². The van der Waals surface area contributed by atoms with Gasteiger partial charge in [0.2, 0.25) is 0 Å². The van der Waals surface area contributed by atoms with Crippen molar-refractivity contribution >= 4 is 23.8 Å². The summed E-state index contributed by atoms with van der Waals surface area (Å²) < 4.78 is 92.2. The molecule has 6 rings (SSSR count). The molecule has 4 aliphatic heterocycles. The number of hydrogen-bond acceptors (Lipinski definition) is 10. The summed E-state index contributed by atoms with van der Waals surface area (Å²) in [5, 5.41) is 0. The van der Waals surface area contributed by atoms with Gasteiger partial charge in [-0.25, -0.2) is 19.6 Å². The number of rotatable bonds is 4. The number of aromatic nitrogens is 2. The number of alkyl halides is 6. The maximum Gasteiger partial charge on any atom is 0.573 e. The van der Waals surface area contributed by atoms with Crippen molar-refractivity contribution in [1.82, 2.24) is 19.8 Å². The quantitative estimate of drug-likeness (QED) is 0.288. The summed E-state index contributed by atoms with van der Waals surface area (Å²) in [5.74, 6) is 1.13. The maximum atomic E-state index is 12.4. The van der Waals surface area contributed by atoms with Crippen LogP contribution >= 0.6 is 0 Å². The molecule has 4 atom stereocenters. The Hall–Kier alpha value is -4.38. The van der Waals surface area contributed by atoms with E-state index in [-0.39, 0.29) is 35.8 Å². The van der Waals surface area contributed by atoms with Gasteiger partial charge < -0.3 is 38.5 Å². The van der Waals surface area contributed by atoms with Crippen molar-refractivity contribution in [3.8, 4) is 11.5 Å². The molecule has 300 valence electrons. The lowest BCUT2D eigenvalue weighted by molar-refractivity contribution is -0.275. The average Bonchev–Trinajstić information content (AvgIpc) is 3.67. The van der Waals surface area contributed by atoms with Crippen LogP contribution in [0.1, 0.15) is 67.2 Å². The zero-order valence-electron chi connectivity index (χ0n) is 31.2.